The molecule has 134 valence electrons. The second-order valence-electron chi connectivity index (χ2n) is 6.91. The second kappa shape index (κ2) is 6.83. The first-order valence-electron chi connectivity index (χ1n) is 9.19. The highest BCUT2D eigenvalue weighted by molar-refractivity contribution is 5.74. The van der Waals surface area contributed by atoms with Crippen molar-refractivity contribution in [1.29, 1.82) is 5.26 Å². The molecule has 2 aromatic rings. The molecule has 0 N–H and O–H groups in total. The van der Waals surface area contributed by atoms with Gasteiger partial charge in [-0.1, -0.05) is 0 Å². The Balaban J connectivity index is 1.78. The fraction of sp³-hybridized carbons (Fsp3) is 0.450. The highest BCUT2D eigenvalue weighted by Gasteiger charge is 2.28. The molecule has 6 heteroatoms. The Hall–Kier alpha value is -2.81. The fourth-order valence-electron chi connectivity index (χ4n) is 4.00. The number of fused-ring (bicyclic) bond motifs is 1. The maximum absolute atomic E-state index is 11.6. The van der Waals surface area contributed by atoms with Crippen LogP contribution in [0.5, 0.6) is 0 Å². The molecule has 1 amide bonds. The van der Waals surface area contributed by atoms with Crippen molar-refractivity contribution in [3.8, 4) is 17.5 Å². The van der Waals surface area contributed by atoms with E-state index in [1.54, 1.807) is 13.2 Å². The summed E-state index contributed by atoms with van der Waals surface area (Å²) in [5.74, 6) is 1.60. The van der Waals surface area contributed by atoms with E-state index in [1.165, 1.54) is 0 Å². The van der Waals surface area contributed by atoms with Crippen LogP contribution in [0.4, 0.5) is 5.82 Å². The molecule has 26 heavy (non-hydrogen) atoms. The first-order valence-corrected chi connectivity index (χ1v) is 9.19. The number of carbonyl (C=O) groups is 1. The average molecular weight is 350 g/mol. The lowest BCUT2D eigenvalue weighted by Crippen LogP contribution is -2.48. The molecule has 3 heterocycles. The van der Waals surface area contributed by atoms with E-state index in [9.17, 15) is 10.1 Å². The molecule has 0 radical (unpaired) electrons. The standard InChI is InChI=1S/C20H22N4O2/c1-14(25)23-8-10-24(11-9-23)20-17(13-21)15-5-2-3-6-16(15)19(22-20)18-7-4-12-26-18/h4,7,12H,2-3,5-6,8-11H2,1H3. The maximum atomic E-state index is 11.6. The summed E-state index contributed by atoms with van der Waals surface area (Å²) >= 11 is 0. The molecule has 1 fully saturated rings. The summed E-state index contributed by atoms with van der Waals surface area (Å²) in [7, 11) is 0. The summed E-state index contributed by atoms with van der Waals surface area (Å²) in [6.45, 7) is 4.31. The summed E-state index contributed by atoms with van der Waals surface area (Å²) in [5.41, 5.74) is 3.86. The Morgan fingerprint density at radius 1 is 1.19 bits per heavy atom. The predicted molar refractivity (Wildman–Crippen MR) is 97.8 cm³/mol. The van der Waals surface area contributed by atoms with Crippen LogP contribution in [-0.2, 0) is 17.6 Å². The molecule has 4 rings (SSSR count). The van der Waals surface area contributed by atoms with E-state index in [0.717, 1.165) is 54.1 Å². The molecule has 2 aliphatic rings. The van der Waals surface area contributed by atoms with Crippen LogP contribution in [0, 0.1) is 11.3 Å². The number of aromatic nitrogens is 1. The van der Waals surface area contributed by atoms with Gasteiger partial charge in [0.05, 0.1) is 11.8 Å². The zero-order valence-corrected chi connectivity index (χ0v) is 15.0. The van der Waals surface area contributed by atoms with E-state index < -0.39 is 0 Å². The van der Waals surface area contributed by atoms with Crippen molar-refractivity contribution in [3.63, 3.8) is 0 Å². The molecule has 0 atom stereocenters. The van der Waals surface area contributed by atoms with E-state index in [0.29, 0.717) is 31.7 Å². The number of carbonyl (C=O) groups excluding carboxylic acids is 1. The quantitative estimate of drug-likeness (QED) is 0.833. The summed E-state index contributed by atoms with van der Waals surface area (Å²) < 4.78 is 5.63. The number of furan rings is 1. The molecule has 0 aromatic carbocycles. The van der Waals surface area contributed by atoms with Crippen LogP contribution < -0.4 is 4.90 Å². The van der Waals surface area contributed by atoms with Crippen molar-refractivity contribution in [2.45, 2.75) is 32.6 Å². The SMILES string of the molecule is CC(=O)N1CCN(c2nc(-c3ccco3)c3c(c2C#N)CCCC3)CC1. The van der Waals surface area contributed by atoms with Gasteiger partial charge in [-0.3, -0.25) is 4.79 Å². The van der Waals surface area contributed by atoms with Crippen LogP contribution >= 0.6 is 0 Å². The summed E-state index contributed by atoms with van der Waals surface area (Å²) in [5, 5.41) is 9.86. The zero-order valence-electron chi connectivity index (χ0n) is 15.0. The van der Waals surface area contributed by atoms with E-state index in [1.807, 2.05) is 17.0 Å². The lowest BCUT2D eigenvalue weighted by molar-refractivity contribution is -0.129. The number of hydrogen-bond donors (Lipinski definition) is 0. The third-order valence-electron chi connectivity index (χ3n) is 5.39. The summed E-state index contributed by atoms with van der Waals surface area (Å²) in [4.78, 5) is 20.5. The average Bonchev–Trinajstić information content (AvgIpc) is 3.21. The number of nitrogens with zero attached hydrogens (tertiary/aromatic N) is 4. The van der Waals surface area contributed by atoms with Gasteiger partial charge in [-0.2, -0.15) is 5.26 Å². The normalized spacial score (nSPS) is 16.9. The number of piperazine rings is 1. The molecule has 1 aliphatic carbocycles. The Bertz CT molecular complexity index is 859. The van der Waals surface area contributed by atoms with Crippen LogP contribution in [0.2, 0.25) is 0 Å². The molecular formula is C20H22N4O2. The van der Waals surface area contributed by atoms with E-state index >= 15 is 0 Å². The largest absolute Gasteiger partial charge is 0.463 e. The Morgan fingerprint density at radius 2 is 1.92 bits per heavy atom. The molecule has 2 aromatic heterocycles. The van der Waals surface area contributed by atoms with Gasteiger partial charge in [-0.05, 0) is 48.9 Å². The topological polar surface area (TPSA) is 73.4 Å². The number of amides is 1. The van der Waals surface area contributed by atoms with Crippen LogP contribution in [0.3, 0.4) is 0 Å². The van der Waals surface area contributed by atoms with Crippen molar-refractivity contribution in [1.82, 2.24) is 9.88 Å². The van der Waals surface area contributed by atoms with E-state index in [-0.39, 0.29) is 5.91 Å². The monoisotopic (exact) mass is 350 g/mol. The highest BCUT2D eigenvalue weighted by atomic mass is 16.3. The molecular weight excluding hydrogens is 328 g/mol. The van der Waals surface area contributed by atoms with Crippen molar-refractivity contribution in [2.75, 3.05) is 31.1 Å². The maximum Gasteiger partial charge on any atom is 0.219 e. The summed E-state index contributed by atoms with van der Waals surface area (Å²) in [6, 6.07) is 6.21. The van der Waals surface area contributed by atoms with Gasteiger partial charge in [0, 0.05) is 33.1 Å². The minimum absolute atomic E-state index is 0.0971. The van der Waals surface area contributed by atoms with Crippen molar-refractivity contribution < 1.29 is 9.21 Å². The minimum Gasteiger partial charge on any atom is -0.463 e. The number of rotatable bonds is 2. The fourth-order valence-corrected chi connectivity index (χ4v) is 4.00. The molecule has 0 spiro atoms. The zero-order chi connectivity index (χ0) is 18.1. The minimum atomic E-state index is 0.0971. The Kier molecular flexibility index (Phi) is 4.37. The van der Waals surface area contributed by atoms with Crippen molar-refractivity contribution in [2.24, 2.45) is 0 Å². The van der Waals surface area contributed by atoms with E-state index in [2.05, 4.69) is 11.0 Å². The van der Waals surface area contributed by atoms with Crippen LogP contribution in [0.25, 0.3) is 11.5 Å². The summed E-state index contributed by atoms with van der Waals surface area (Å²) in [6.07, 6.45) is 5.72. The molecule has 6 nitrogen and oxygen atoms in total. The van der Waals surface area contributed by atoms with Gasteiger partial charge in [0.2, 0.25) is 5.91 Å². The first kappa shape index (κ1) is 16.6. The Morgan fingerprint density at radius 3 is 2.54 bits per heavy atom. The smallest absolute Gasteiger partial charge is 0.219 e. The van der Waals surface area contributed by atoms with Gasteiger partial charge < -0.3 is 14.2 Å². The van der Waals surface area contributed by atoms with Crippen LogP contribution in [0.1, 0.15) is 36.5 Å². The molecule has 1 aliphatic heterocycles. The van der Waals surface area contributed by atoms with Crippen molar-refractivity contribution >= 4 is 11.7 Å². The lowest BCUT2D eigenvalue weighted by atomic mass is 9.87. The predicted octanol–water partition coefficient (Wildman–Crippen LogP) is 2.76. The third kappa shape index (κ3) is 2.84. The van der Waals surface area contributed by atoms with Gasteiger partial charge in [-0.15, -0.1) is 0 Å². The molecule has 1 saturated heterocycles. The number of hydrogen-bond acceptors (Lipinski definition) is 5. The number of anilines is 1. The van der Waals surface area contributed by atoms with E-state index in [4.69, 9.17) is 9.40 Å². The van der Waals surface area contributed by atoms with Gasteiger partial charge in [-0.25, -0.2) is 4.98 Å². The van der Waals surface area contributed by atoms with Gasteiger partial charge in [0.25, 0.3) is 0 Å². The lowest BCUT2D eigenvalue weighted by Gasteiger charge is -2.36. The molecule has 0 bridgehead atoms. The van der Waals surface area contributed by atoms with Gasteiger partial charge in [0.15, 0.2) is 5.76 Å². The second-order valence-corrected chi connectivity index (χ2v) is 6.91. The first-order chi connectivity index (χ1) is 12.7. The van der Waals surface area contributed by atoms with Crippen LogP contribution in [-0.4, -0.2) is 42.0 Å². The highest BCUT2D eigenvalue weighted by Crippen LogP contribution is 2.36. The van der Waals surface area contributed by atoms with Gasteiger partial charge >= 0.3 is 0 Å². The number of pyridine rings is 1. The molecule has 0 saturated carbocycles. The van der Waals surface area contributed by atoms with Crippen molar-refractivity contribution in [3.05, 3.63) is 35.1 Å². The Labute approximate surface area is 153 Å². The van der Waals surface area contributed by atoms with Gasteiger partial charge in [0.1, 0.15) is 17.6 Å². The van der Waals surface area contributed by atoms with Crippen LogP contribution in [0.15, 0.2) is 22.8 Å². The molecule has 0 unspecified atom stereocenters. The third-order valence-corrected chi connectivity index (χ3v) is 5.39. The number of nitriles is 1.